The van der Waals surface area contributed by atoms with E-state index in [1.54, 1.807) is 11.3 Å². The third kappa shape index (κ3) is 3.68. The second kappa shape index (κ2) is 7.08. The van der Waals surface area contributed by atoms with Gasteiger partial charge in [-0.1, -0.05) is 39.0 Å². The maximum Gasteiger partial charge on any atom is 0.172 e. The van der Waals surface area contributed by atoms with Crippen LogP contribution in [-0.4, -0.2) is 5.78 Å². The predicted molar refractivity (Wildman–Crippen MR) is 78.7 cm³/mol. The molecule has 1 heterocycles. The lowest BCUT2D eigenvalue weighted by atomic mass is 10.1. The maximum absolute atomic E-state index is 12.0. The molecule has 1 aliphatic carbocycles. The van der Waals surface area contributed by atoms with Crippen molar-refractivity contribution in [3.8, 4) is 0 Å². The molecule has 1 aliphatic rings. The van der Waals surface area contributed by atoms with Crippen LogP contribution in [0.3, 0.4) is 0 Å². The van der Waals surface area contributed by atoms with Crippen LogP contribution in [0.1, 0.15) is 78.4 Å². The SMILES string of the molecule is CCCCCCCCC(=O)c1cc2c(s1)CCC2. The number of Topliss-reactive ketones (excluding diaryl/α,β-unsaturated/α-hetero) is 1. The molecule has 1 nitrogen and oxygen atoms in total. The van der Waals surface area contributed by atoms with E-state index in [1.807, 2.05) is 0 Å². The molecular formula is C16H24OS. The van der Waals surface area contributed by atoms with E-state index in [-0.39, 0.29) is 0 Å². The molecule has 0 atom stereocenters. The van der Waals surface area contributed by atoms with Crippen molar-refractivity contribution in [1.82, 2.24) is 0 Å². The van der Waals surface area contributed by atoms with E-state index in [2.05, 4.69) is 13.0 Å². The fourth-order valence-electron chi connectivity index (χ4n) is 2.66. The Kier molecular flexibility index (Phi) is 5.43. The molecule has 0 saturated heterocycles. The van der Waals surface area contributed by atoms with Crippen molar-refractivity contribution in [1.29, 1.82) is 0 Å². The summed E-state index contributed by atoms with van der Waals surface area (Å²) in [7, 11) is 0. The van der Waals surface area contributed by atoms with Gasteiger partial charge in [-0.2, -0.15) is 0 Å². The van der Waals surface area contributed by atoms with Crippen molar-refractivity contribution in [2.45, 2.75) is 71.1 Å². The predicted octanol–water partition coefficient (Wildman–Crippen LogP) is 5.17. The number of rotatable bonds is 8. The minimum absolute atomic E-state index is 0.380. The molecule has 0 aliphatic heterocycles. The molecule has 1 aromatic rings. The smallest absolute Gasteiger partial charge is 0.172 e. The third-order valence-electron chi connectivity index (χ3n) is 3.78. The number of ketones is 1. The van der Waals surface area contributed by atoms with E-state index in [0.29, 0.717) is 5.78 Å². The summed E-state index contributed by atoms with van der Waals surface area (Å²) in [6, 6.07) is 2.16. The lowest BCUT2D eigenvalue weighted by Crippen LogP contribution is -1.96. The van der Waals surface area contributed by atoms with Gasteiger partial charge in [-0.15, -0.1) is 11.3 Å². The molecule has 2 heteroatoms. The molecular weight excluding hydrogens is 240 g/mol. The largest absolute Gasteiger partial charge is 0.293 e. The van der Waals surface area contributed by atoms with Crippen molar-refractivity contribution in [3.63, 3.8) is 0 Å². The summed E-state index contributed by atoms with van der Waals surface area (Å²) >= 11 is 1.75. The number of hydrogen-bond donors (Lipinski definition) is 0. The van der Waals surface area contributed by atoms with Crippen LogP contribution in [0.2, 0.25) is 0 Å². The Bertz CT molecular complexity index is 370. The van der Waals surface area contributed by atoms with Gasteiger partial charge in [-0.25, -0.2) is 0 Å². The van der Waals surface area contributed by atoms with Gasteiger partial charge < -0.3 is 0 Å². The Morgan fingerprint density at radius 2 is 1.94 bits per heavy atom. The van der Waals surface area contributed by atoms with Gasteiger partial charge in [0.25, 0.3) is 0 Å². The fraction of sp³-hybridized carbons (Fsp3) is 0.688. The minimum Gasteiger partial charge on any atom is -0.293 e. The molecule has 0 radical (unpaired) electrons. The lowest BCUT2D eigenvalue weighted by Gasteiger charge is -2.00. The molecule has 0 N–H and O–H groups in total. The number of hydrogen-bond acceptors (Lipinski definition) is 2. The fourth-order valence-corrected chi connectivity index (χ4v) is 3.88. The van der Waals surface area contributed by atoms with Crippen molar-refractivity contribution < 1.29 is 4.79 Å². The molecule has 2 rings (SSSR count). The van der Waals surface area contributed by atoms with Crippen LogP contribution in [0.5, 0.6) is 0 Å². The van der Waals surface area contributed by atoms with Crippen LogP contribution in [0.25, 0.3) is 0 Å². The summed E-state index contributed by atoms with van der Waals surface area (Å²) < 4.78 is 0. The van der Waals surface area contributed by atoms with E-state index in [1.165, 1.54) is 61.8 Å². The summed E-state index contributed by atoms with van der Waals surface area (Å²) in [5, 5.41) is 0. The first-order chi connectivity index (χ1) is 8.81. The second-order valence-electron chi connectivity index (χ2n) is 5.35. The zero-order chi connectivity index (χ0) is 12.8. The van der Waals surface area contributed by atoms with Gasteiger partial charge in [0.05, 0.1) is 4.88 Å². The molecule has 0 amide bonds. The van der Waals surface area contributed by atoms with Gasteiger partial charge in [0.15, 0.2) is 5.78 Å². The highest BCUT2D eigenvalue weighted by Gasteiger charge is 2.17. The van der Waals surface area contributed by atoms with E-state index in [9.17, 15) is 4.79 Å². The van der Waals surface area contributed by atoms with Gasteiger partial charge in [0.2, 0.25) is 0 Å². The second-order valence-corrected chi connectivity index (χ2v) is 6.49. The zero-order valence-corrected chi connectivity index (χ0v) is 12.3. The van der Waals surface area contributed by atoms with Crippen LogP contribution in [-0.2, 0) is 12.8 Å². The topological polar surface area (TPSA) is 17.1 Å². The van der Waals surface area contributed by atoms with E-state index >= 15 is 0 Å². The molecule has 18 heavy (non-hydrogen) atoms. The summed E-state index contributed by atoms with van der Waals surface area (Å²) in [6.07, 6.45) is 12.0. The Hall–Kier alpha value is -0.630. The van der Waals surface area contributed by atoms with Gasteiger partial charge >= 0.3 is 0 Å². The average molecular weight is 264 g/mol. The molecule has 0 spiro atoms. The minimum atomic E-state index is 0.380. The normalized spacial score (nSPS) is 13.8. The highest BCUT2D eigenvalue weighted by Crippen LogP contribution is 2.31. The summed E-state index contributed by atoms with van der Waals surface area (Å²) in [5.74, 6) is 0.380. The Labute approximate surface area is 115 Å². The monoisotopic (exact) mass is 264 g/mol. The highest BCUT2D eigenvalue weighted by molar-refractivity contribution is 7.14. The van der Waals surface area contributed by atoms with E-state index in [4.69, 9.17) is 0 Å². The van der Waals surface area contributed by atoms with Crippen molar-refractivity contribution in [3.05, 3.63) is 21.4 Å². The average Bonchev–Trinajstić information content (AvgIpc) is 2.93. The summed E-state index contributed by atoms with van der Waals surface area (Å²) in [5.41, 5.74) is 1.45. The first kappa shape index (κ1) is 13.8. The van der Waals surface area contributed by atoms with Gasteiger partial charge in [0.1, 0.15) is 0 Å². The molecule has 100 valence electrons. The van der Waals surface area contributed by atoms with Crippen LogP contribution >= 0.6 is 11.3 Å². The molecule has 0 aromatic carbocycles. The van der Waals surface area contributed by atoms with Crippen LogP contribution < -0.4 is 0 Å². The van der Waals surface area contributed by atoms with Crippen LogP contribution in [0.15, 0.2) is 6.07 Å². The molecule has 0 bridgehead atoms. The number of unbranched alkanes of at least 4 members (excludes halogenated alkanes) is 5. The van der Waals surface area contributed by atoms with Gasteiger partial charge in [0, 0.05) is 11.3 Å². The van der Waals surface area contributed by atoms with E-state index < -0.39 is 0 Å². The molecule has 1 aromatic heterocycles. The molecule has 0 fully saturated rings. The lowest BCUT2D eigenvalue weighted by molar-refractivity contribution is 0.0983. The Balaban J connectivity index is 1.68. The highest BCUT2D eigenvalue weighted by atomic mass is 32.1. The maximum atomic E-state index is 12.0. The van der Waals surface area contributed by atoms with Crippen LogP contribution in [0, 0.1) is 0 Å². The van der Waals surface area contributed by atoms with Gasteiger partial charge in [-0.3, -0.25) is 4.79 Å². The van der Waals surface area contributed by atoms with Crippen LogP contribution in [0.4, 0.5) is 0 Å². The summed E-state index contributed by atoms with van der Waals surface area (Å²) in [6.45, 7) is 2.24. The van der Waals surface area contributed by atoms with Crippen molar-refractivity contribution in [2.24, 2.45) is 0 Å². The van der Waals surface area contributed by atoms with Crippen molar-refractivity contribution >= 4 is 17.1 Å². The summed E-state index contributed by atoms with van der Waals surface area (Å²) in [4.78, 5) is 14.5. The molecule has 0 unspecified atom stereocenters. The number of aryl methyl sites for hydroxylation is 2. The number of carbonyl (C=O) groups is 1. The van der Waals surface area contributed by atoms with Crippen molar-refractivity contribution in [2.75, 3.05) is 0 Å². The zero-order valence-electron chi connectivity index (χ0n) is 11.5. The number of thiophene rings is 1. The first-order valence-electron chi connectivity index (χ1n) is 7.46. The Morgan fingerprint density at radius 1 is 1.17 bits per heavy atom. The quantitative estimate of drug-likeness (QED) is 0.467. The standard InChI is InChI=1S/C16H24OS/c1-2-3-4-5-6-7-10-14(17)16-12-13-9-8-11-15(13)18-16/h12H,2-11H2,1H3. The number of carbonyl (C=O) groups excluding carboxylic acids is 1. The molecule has 0 saturated carbocycles. The van der Waals surface area contributed by atoms with Gasteiger partial charge in [-0.05, 0) is 37.3 Å². The van der Waals surface area contributed by atoms with E-state index in [0.717, 1.165) is 17.7 Å². The first-order valence-corrected chi connectivity index (χ1v) is 8.27. The Morgan fingerprint density at radius 3 is 2.72 bits per heavy atom. The third-order valence-corrected chi connectivity index (χ3v) is 5.06. The number of fused-ring (bicyclic) bond motifs is 1.